The van der Waals surface area contributed by atoms with Crippen molar-refractivity contribution in [2.45, 2.75) is 38.4 Å². The predicted octanol–water partition coefficient (Wildman–Crippen LogP) is 1.25. The van der Waals surface area contributed by atoms with Crippen LogP contribution in [-0.2, 0) is 17.4 Å². The van der Waals surface area contributed by atoms with Crippen LogP contribution in [0.1, 0.15) is 33.0 Å². The van der Waals surface area contributed by atoms with Gasteiger partial charge in [-0.15, -0.1) is 0 Å². The summed E-state index contributed by atoms with van der Waals surface area (Å²) in [4.78, 5) is 17.7. The first-order valence-corrected chi connectivity index (χ1v) is 6.39. The second-order valence-electron chi connectivity index (χ2n) is 6.05. The summed E-state index contributed by atoms with van der Waals surface area (Å²) in [5.41, 5.74) is -1.61. The first-order valence-electron chi connectivity index (χ1n) is 6.39. The Morgan fingerprint density at radius 2 is 2.21 bits per heavy atom. The number of likely N-dealkylation sites (tertiary alicyclic amines) is 1. The van der Waals surface area contributed by atoms with E-state index < -0.39 is 17.3 Å². The van der Waals surface area contributed by atoms with Crippen LogP contribution in [0.15, 0.2) is 12.4 Å². The molecule has 0 spiro atoms. The van der Waals surface area contributed by atoms with Crippen LogP contribution in [0.2, 0.25) is 0 Å². The standard InChI is InChI=1S/C13H21N3O3/c1-12(2,3)19-11(17)16-7-5-13(18,9-16)10-14-6-8-15(10)4/h6,8,18H,5,7,9H2,1-4H3. The van der Waals surface area contributed by atoms with Crippen molar-refractivity contribution in [3.8, 4) is 0 Å². The minimum Gasteiger partial charge on any atom is -0.444 e. The van der Waals surface area contributed by atoms with Crippen molar-refractivity contribution >= 4 is 6.09 Å². The highest BCUT2D eigenvalue weighted by atomic mass is 16.6. The molecule has 0 saturated carbocycles. The van der Waals surface area contributed by atoms with Gasteiger partial charge in [0.1, 0.15) is 17.0 Å². The maximum absolute atomic E-state index is 12.0. The second kappa shape index (κ2) is 4.52. The van der Waals surface area contributed by atoms with Gasteiger partial charge >= 0.3 is 6.09 Å². The number of aliphatic hydroxyl groups is 1. The van der Waals surface area contributed by atoms with Crippen LogP contribution >= 0.6 is 0 Å². The van der Waals surface area contributed by atoms with E-state index in [-0.39, 0.29) is 6.54 Å². The third kappa shape index (κ3) is 2.89. The molecular weight excluding hydrogens is 246 g/mol. The van der Waals surface area contributed by atoms with Crippen molar-refractivity contribution in [2.24, 2.45) is 7.05 Å². The molecule has 1 aliphatic rings. The van der Waals surface area contributed by atoms with Crippen molar-refractivity contribution in [2.75, 3.05) is 13.1 Å². The summed E-state index contributed by atoms with van der Waals surface area (Å²) in [5.74, 6) is 0.582. The fourth-order valence-electron chi connectivity index (χ4n) is 2.27. The molecule has 0 bridgehead atoms. The number of carbonyl (C=O) groups excluding carboxylic acids is 1. The lowest BCUT2D eigenvalue weighted by atomic mass is 10.0. The van der Waals surface area contributed by atoms with E-state index in [1.165, 1.54) is 4.90 Å². The molecule has 1 aromatic heterocycles. The number of amides is 1. The van der Waals surface area contributed by atoms with Gasteiger partial charge in [-0.3, -0.25) is 0 Å². The van der Waals surface area contributed by atoms with Gasteiger partial charge in [0.05, 0.1) is 6.54 Å². The van der Waals surface area contributed by atoms with Gasteiger partial charge in [-0.05, 0) is 20.8 Å². The van der Waals surface area contributed by atoms with Crippen LogP contribution in [0.5, 0.6) is 0 Å². The summed E-state index contributed by atoms with van der Waals surface area (Å²) in [6.07, 6.45) is 3.50. The third-order valence-electron chi connectivity index (χ3n) is 3.14. The molecule has 1 aromatic rings. The smallest absolute Gasteiger partial charge is 0.410 e. The number of carbonyl (C=O) groups is 1. The lowest BCUT2D eigenvalue weighted by Gasteiger charge is -2.26. The molecule has 2 rings (SSSR count). The Morgan fingerprint density at radius 1 is 1.53 bits per heavy atom. The molecule has 1 fully saturated rings. The zero-order chi connectivity index (χ0) is 14.3. The molecule has 0 radical (unpaired) electrons. The quantitative estimate of drug-likeness (QED) is 0.831. The molecule has 1 amide bonds. The lowest BCUT2D eigenvalue weighted by molar-refractivity contribution is 0.0100. The fourth-order valence-corrected chi connectivity index (χ4v) is 2.27. The molecule has 0 aliphatic carbocycles. The van der Waals surface area contributed by atoms with Gasteiger partial charge in [-0.25, -0.2) is 9.78 Å². The minimum atomic E-state index is -1.09. The van der Waals surface area contributed by atoms with Crippen LogP contribution < -0.4 is 0 Å². The van der Waals surface area contributed by atoms with Crippen molar-refractivity contribution in [3.63, 3.8) is 0 Å². The van der Waals surface area contributed by atoms with Crippen LogP contribution in [-0.4, -0.2) is 44.3 Å². The average Bonchev–Trinajstić information content (AvgIpc) is 2.83. The highest BCUT2D eigenvalue weighted by Gasteiger charge is 2.43. The van der Waals surface area contributed by atoms with E-state index in [2.05, 4.69) is 4.98 Å². The van der Waals surface area contributed by atoms with Crippen LogP contribution in [0.4, 0.5) is 4.79 Å². The molecular formula is C13H21N3O3. The summed E-state index contributed by atoms with van der Waals surface area (Å²) in [5, 5.41) is 10.6. The predicted molar refractivity (Wildman–Crippen MR) is 69.5 cm³/mol. The van der Waals surface area contributed by atoms with Crippen molar-refractivity contribution in [1.29, 1.82) is 0 Å². The number of imidazole rings is 1. The van der Waals surface area contributed by atoms with E-state index in [1.54, 1.807) is 17.0 Å². The Balaban J connectivity index is 2.08. The number of β-amino-alcohol motifs (C(OH)–C–C–N with tert-alkyl or cyclic N) is 1. The van der Waals surface area contributed by atoms with E-state index in [0.29, 0.717) is 18.8 Å². The number of nitrogens with zero attached hydrogens (tertiary/aromatic N) is 3. The Hall–Kier alpha value is -1.56. The number of aryl methyl sites for hydroxylation is 1. The second-order valence-corrected chi connectivity index (χ2v) is 6.05. The molecule has 6 heteroatoms. The molecule has 1 unspecified atom stereocenters. The highest BCUT2D eigenvalue weighted by molar-refractivity contribution is 5.68. The normalized spacial score (nSPS) is 23.7. The SMILES string of the molecule is Cn1ccnc1C1(O)CCN(C(=O)OC(C)(C)C)C1. The van der Waals surface area contributed by atoms with E-state index in [1.807, 2.05) is 27.8 Å². The van der Waals surface area contributed by atoms with Gasteiger partial charge in [0.15, 0.2) is 0 Å². The fraction of sp³-hybridized carbons (Fsp3) is 0.692. The summed E-state index contributed by atoms with van der Waals surface area (Å²) in [6.45, 7) is 6.16. The first kappa shape index (κ1) is 13.9. The highest BCUT2D eigenvalue weighted by Crippen LogP contribution is 2.31. The zero-order valence-electron chi connectivity index (χ0n) is 11.9. The van der Waals surface area contributed by atoms with Gasteiger partial charge < -0.3 is 19.3 Å². The first-order chi connectivity index (χ1) is 8.71. The van der Waals surface area contributed by atoms with Gasteiger partial charge in [-0.2, -0.15) is 0 Å². The maximum atomic E-state index is 12.0. The molecule has 0 aromatic carbocycles. The number of hydrogen-bond acceptors (Lipinski definition) is 4. The van der Waals surface area contributed by atoms with Gasteiger partial charge in [0.2, 0.25) is 0 Å². The van der Waals surface area contributed by atoms with Gasteiger partial charge in [-0.1, -0.05) is 0 Å². The molecule has 1 saturated heterocycles. The Kier molecular flexibility index (Phi) is 3.30. The largest absolute Gasteiger partial charge is 0.444 e. The van der Waals surface area contributed by atoms with Crippen LogP contribution in [0.3, 0.4) is 0 Å². The van der Waals surface area contributed by atoms with Gasteiger partial charge in [0, 0.05) is 32.4 Å². The topological polar surface area (TPSA) is 67.6 Å². The van der Waals surface area contributed by atoms with Crippen LogP contribution in [0, 0.1) is 0 Å². The van der Waals surface area contributed by atoms with Crippen LogP contribution in [0.25, 0.3) is 0 Å². The molecule has 1 atom stereocenters. The van der Waals surface area contributed by atoms with Crippen molar-refractivity contribution in [1.82, 2.24) is 14.5 Å². The van der Waals surface area contributed by atoms with Crippen molar-refractivity contribution in [3.05, 3.63) is 18.2 Å². The maximum Gasteiger partial charge on any atom is 0.410 e. The summed E-state index contributed by atoms with van der Waals surface area (Å²) >= 11 is 0. The molecule has 1 aliphatic heterocycles. The summed E-state index contributed by atoms with van der Waals surface area (Å²) < 4.78 is 7.09. The molecule has 1 N–H and O–H groups in total. The number of ether oxygens (including phenoxy) is 1. The van der Waals surface area contributed by atoms with E-state index in [0.717, 1.165) is 0 Å². The molecule has 19 heavy (non-hydrogen) atoms. The average molecular weight is 267 g/mol. The zero-order valence-corrected chi connectivity index (χ0v) is 11.9. The number of aromatic nitrogens is 2. The third-order valence-corrected chi connectivity index (χ3v) is 3.14. The monoisotopic (exact) mass is 267 g/mol. The number of hydrogen-bond donors (Lipinski definition) is 1. The van der Waals surface area contributed by atoms with Gasteiger partial charge in [0.25, 0.3) is 0 Å². The number of rotatable bonds is 1. The Bertz CT molecular complexity index is 478. The lowest BCUT2D eigenvalue weighted by Crippen LogP contribution is -2.39. The van der Waals surface area contributed by atoms with E-state index in [9.17, 15) is 9.90 Å². The molecule has 2 heterocycles. The summed E-state index contributed by atoms with van der Waals surface area (Å²) in [7, 11) is 1.83. The Labute approximate surface area is 113 Å². The molecule has 6 nitrogen and oxygen atoms in total. The Morgan fingerprint density at radius 3 is 2.74 bits per heavy atom. The van der Waals surface area contributed by atoms with Crippen molar-refractivity contribution < 1.29 is 14.6 Å². The summed E-state index contributed by atoms with van der Waals surface area (Å²) in [6, 6.07) is 0. The van der Waals surface area contributed by atoms with E-state index in [4.69, 9.17) is 4.74 Å². The van der Waals surface area contributed by atoms with E-state index >= 15 is 0 Å². The molecule has 106 valence electrons. The minimum absolute atomic E-state index is 0.215.